The lowest BCUT2D eigenvalue weighted by Gasteiger charge is -2.17. The Morgan fingerprint density at radius 3 is 2.35 bits per heavy atom. The maximum Gasteiger partial charge on any atom is 0.272 e. The molecule has 3 amide bonds. The van der Waals surface area contributed by atoms with Gasteiger partial charge in [-0.1, -0.05) is 66.7 Å². The Morgan fingerprint density at radius 2 is 1.63 bits per heavy atom. The molecular weight excluding hydrogens is 677 g/mol. The number of benzene rings is 4. The van der Waals surface area contributed by atoms with Crippen LogP contribution in [0.3, 0.4) is 0 Å². The molecule has 8 nitrogen and oxygen atoms in total. The minimum Gasteiger partial charge on any atom is -0.494 e. The van der Waals surface area contributed by atoms with Crippen LogP contribution in [0.2, 0.25) is 0 Å². The molecule has 0 spiro atoms. The Balaban J connectivity index is 1.23. The van der Waals surface area contributed by atoms with E-state index in [0.29, 0.717) is 39.7 Å². The van der Waals surface area contributed by atoms with Gasteiger partial charge in [0.2, 0.25) is 5.91 Å². The minimum atomic E-state index is -0.636. The fraction of sp³-hybridized carbons (Fsp3) is 0.171. The number of carbonyl (C=O) groups excluding carboxylic acids is 3. The number of rotatable bonds is 12. The topological polar surface area (TPSA) is 120 Å². The van der Waals surface area contributed by atoms with Crippen LogP contribution in [0.1, 0.15) is 62.5 Å². The number of carbonyl (C=O) groups is 3. The van der Waals surface area contributed by atoms with E-state index in [2.05, 4.69) is 22.0 Å². The molecule has 0 saturated carbocycles. The third-order valence-corrected chi connectivity index (χ3v) is 10.7. The summed E-state index contributed by atoms with van der Waals surface area (Å²) in [6.45, 7) is 2.43. The summed E-state index contributed by atoms with van der Waals surface area (Å²) in [7, 11) is 0. The number of ether oxygens (including phenoxy) is 1. The molecule has 0 aliphatic heterocycles. The van der Waals surface area contributed by atoms with Gasteiger partial charge in [0.05, 0.1) is 12.2 Å². The van der Waals surface area contributed by atoms with Crippen molar-refractivity contribution in [1.29, 1.82) is 5.26 Å². The van der Waals surface area contributed by atoms with Crippen LogP contribution < -0.4 is 20.7 Å². The highest BCUT2D eigenvalue weighted by atomic mass is 32.2. The van der Waals surface area contributed by atoms with E-state index >= 15 is 0 Å². The second kappa shape index (κ2) is 16.9. The highest BCUT2D eigenvalue weighted by Crippen LogP contribution is 2.41. The molecule has 4 aromatic carbocycles. The van der Waals surface area contributed by atoms with Crippen molar-refractivity contribution < 1.29 is 19.1 Å². The van der Waals surface area contributed by atoms with Crippen molar-refractivity contribution in [3.05, 3.63) is 148 Å². The molecule has 1 unspecified atom stereocenters. The van der Waals surface area contributed by atoms with Crippen molar-refractivity contribution in [3.63, 3.8) is 0 Å². The van der Waals surface area contributed by atoms with E-state index in [1.807, 2.05) is 61.5 Å². The number of aryl methyl sites for hydroxylation is 1. The number of fused-ring (bicyclic) bond motifs is 1. The van der Waals surface area contributed by atoms with Gasteiger partial charge in [-0.15, -0.1) is 23.1 Å². The number of hydrogen-bond acceptors (Lipinski definition) is 7. The van der Waals surface area contributed by atoms with Crippen LogP contribution in [-0.4, -0.2) is 24.3 Å². The summed E-state index contributed by atoms with van der Waals surface area (Å²) in [6, 6.07) is 34.9. The van der Waals surface area contributed by atoms with E-state index < -0.39 is 17.1 Å². The molecule has 1 aliphatic carbocycles. The molecule has 1 aromatic heterocycles. The van der Waals surface area contributed by atoms with Crippen molar-refractivity contribution in [2.75, 3.05) is 17.2 Å². The van der Waals surface area contributed by atoms with E-state index in [1.165, 1.54) is 28.0 Å². The first-order valence-electron chi connectivity index (χ1n) is 16.7. The van der Waals surface area contributed by atoms with Gasteiger partial charge < -0.3 is 20.7 Å². The fourth-order valence-corrected chi connectivity index (χ4v) is 8.09. The van der Waals surface area contributed by atoms with Gasteiger partial charge in [0, 0.05) is 21.0 Å². The largest absolute Gasteiger partial charge is 0.494 e. The van der Waals surface area contributed by atoms with Gasteiger partial charge in [0.1, 0.15) is 27.8 Å². The molecule has 10 heteroatoms. The number of nitriles is 1. The summed E-state index contributed by atoms with van der Waals surface area (Å²) in [5, 5.41) is 18.7. The van der Waals surface area contributed by atoms with E-state index in [-0.39, 0.29) is 11.6 Å². The van der Waals surface area contributed by atoms with Gasteiger partial charge in [0.15, 0.2) is 0 Å². The Labute approximate surface area is 305 Å². The fourth-order valence-electron chi connectivity index (χ4n) is 5.77. The van der Waals surface area contributed by atoms with Crippen molar-refractivity contribution in [2.24, 2.45) is 0 Å². The zero-order valence-corrected chi connectivity index (χ0v) is 29.6. The van der Waals surface area contributed by atoms with Gasteiger partial charge >= 0.3 is 0 Å². The Kier molecular flexibility index (Phi) is 11.6. The van der Waals surface area contributed by atoms with Crippen LogP contribution in [0.5, 0.6) is 5.75 Å². The van der Waals surface area contributed by atoms with Crippen LogP contribution in [0.4, 0.5) is 10.7 Å². The molecule has 0 fully saturated rings. The second-order valence-corrected chi connectivity index (χ2v) is 14.1. The van der Waals surface area contributed by atoms with Gasteiger partial charge in [-0.25, -0.2) is 0 Å². The van der Waals surface area contributed by atoms with Crippen LogP contribution in [0, 0.1) is 11.3 Å². The third-order valence-electron chi connectivity index (χ3n) is 8.24. The highest BCUT2D eigenvalue weighted by Gasteiger charge is 2.27. The maximum absolute atomic E-state index is 13.9. The highest BCUT2D eigenvalue weighted by molar-refractivity contribution is 8.00. The van der Waals surface area contributed by atoms with Crippen LogP contribution in [0.15, 0.2) is 120 Å². The zero-order chi connectivity index (χ0) is 35.6. The maximum atomic E-state index is 13.9. The number of anilines is 2. The summed E-state index contributed by atoms with van der Waals surface area (Å²) < 4.78 is 5.54. The molecule has 0 bridgehead atoms. The standard InChI is InChI=1S/C41H36N4O4S2/c1-2-49-31-22-20-27(21-23-31)24-35(44-38(46)29-14-7-4-8-15-29)39(47)43-30-16-11-17-32(25-30)50-37(28-12-5-3-6-13-28)40(48)45-41-34(26-42)33-18-9-10-19-36(33)51-41/h3-8,11-17,20-25,37H,2,9-10,18-19H2,1H3,(H,43,47)(H,44,46)(H,45,48)/b35-24+. The molecule has 51 heavy (non-hydrogen) atoms. The number of hydrogen-bond donors (Lipinski definition) is 3. The summed E-state index contributed by atoms with van der Waals surface area (Å²) in [4.78, 5) is 42.7. The number of nitrogens with one attached hydrogen (secondary N) is 3. The quantitative estimate of drug-likeness (QED) is 0.0879. The smallest absolute Gasteiger partial charge is 0.272 e. The number of thioether (sulfide) groups is 1. The molecule has 256 valence electrons. The molecule has 1 heterocycles. The van der Waals surface area contributed by atoms with Crippen LogP contribution >= 0.6 is 23.1 Å². The monoisotopic (exact) mass is 712 g/mol. The minimum absolute atomic E-state index is 0.0551. The van der Waals surface area contributed by atoms with E-state index in [0.717, 1.165) is 41.7 Å². The Bertz CT molecular complexity index is 2090. The van der Waals surface area contributed by atoms with Gasteiger partial charge in [-0.2, -0.15) is 5.26 Å². The average Bonchev–Trinajstić information content (AvgIpc) is 3.52. The first kappa shape index (κ1) is 35.2. The molecular formula is C41H36N4O4S2. The van der Waals surface area contributed by atoms with Gasteiger partial charge in [-0.3, -0.25) is 14.4 Å². The van der Waals surface area contributed by atoms with Crippen LogP contribution in [0.25, 0.3) is 6.08 Å². The summed E-state index contributed by atoms with van der Waals surface area (Å²) >= 11 is 2.84. The summed E-state index contributed by atoms with van der Waals surface area (Å²) in [5.41, 5.74) is 4.09. The van der Waals surface area contributed by atoms with Crippen molar-refractivity contribution >= 4 is 57.6 Å². The van der Waals surface area contributed by atoms with E-state index in [9.17, 15) is 19.6 Å². The Morgan fingerprint density at radius 1 is 0.902 bits per heavy atom. The molecule has 6 rings (SSSR count). The predicted molar refractivity (Wildman–Crippen MR) is 204 cm³/mol. The summed E-state index contributed by atoms with van der Waals surface area (Å²) in [5.74, 6) is -0.473. The molecule has 0 saturated heterocycles. The molecule has 1 atom stereocenters. The van der Waals surface area contributed by atoms with E-state index in [4.69, 9.17) is 4.74 Å². The second-order valence-electron chi connectivity index (χ2n) is 11.8. The first-order chi connectivity index (χ1) is 24.9. The SMILES string of the molecule is CCOc1ccc(/C=C(/NC(=O)c2ccccc2)C(=O)Nc2cccc(SC(C(=O)Nc3sc4c(c3C#N)CCCC4)c3ccccc3)c2)cc1. The molecule has 5 aromatic rings. The number of thiophene rings is 1. The van der Waals surface area contributed by atoms with Gasteiger partial charge in [0.25, 0.3) is 11.8 Å². The zero-order valence-electron chi connectivity index (χ0n) is 28.0. The van der Waals surface area contributed by atoms with Crippen molar-refractivity contribution in [3.8, 4) is 11.8 Å². The Hall–Kier alpha value is -5.63. The predicted octanol–water partition coefficient (Wildman–Crippen LogP) is 8.78. The number of nitrogens with zero attached hydrogens (tertiary/aromatic N) is 1. The molecule has 1 aliphatic rings. The van der Waals surface area contributed by atoms with Gasteiger partial charge in [-0.05, 0) is 97.8 Å². The number of amides is 3. The van der Waals surface area contributed by atoms with Crippen molar-refractivity contribution in [2.45, 2.75) is 42.8 Å². The first-order valence-corrected chi connectivity index (χ1v) is 18.4. The summed E-state index contributed by atoms with van der Waals surface area (Å²) in [6.07, 6.45) is 5.51. The molecule has 0 radical (unpaired) electrons. The lowest BCUT2D eigenvalue weighted by atomic mass is 9.96. The van der Waals surface area contributed by atoms with E-state index in [1.54, 1.807) is 60.7 Å². The normalized spacial score (nSPS) is 12.9. The average molecular weight is 713 g/mol. The van der Waals surface area contributed by atoms with Crippen molar-refractivity contribution in [1.82, 2.24) is 5.32 Å². The van der Waals surface area contributed by atoms with Crippen LogP contribution in [-0.2, 0) is 22.4 Å². The third kappa shape index (κ3) is 8.94. The lowest BCUT2D eigenvalue weighted by Crippen LogP contribution is -2.30. The molecule has 3 N–H and O–H groups in total. The lowest BCUT2D eigenvalue weighted by molar-refractivity contribution is -0.116.